The summed E-state index contributed by atoms with van der Waals surface area (Å²) in [5.41, 5.74) is 0. The van der Waals surface area contributed by atoms with Crippen molar-refractivity contribution in [2.24, 2.45) is 5.10 Å². The number of hydrogen-bond donors (Lipinski definition) is 0. The highest BCUT2D eigenvalue weighted by atomic mass is 19.4. The average molecular weight is 273 g/mol. The zero-order valence-electron chi connectivity index (χ0n) is 10.2. The van der Waals surface area contributed by atoms with E-state index in [1.807, 2.05) is 0 Å². The van der Waals surface area contributed by atoms with Gasteiger partial charge >= 0.3 is 12.1 Å². The van der Waals surface area contributed by atoms with E-state index in [1.165, 1.54) is 0 Å². The fourth-order valence-electron chi connectivity index (χ4n) is 1.82. The van der Waals surface area contributed by atoms with Crippen LogP contribution < -0.4 is 0 Å². The summed E-state index contributed by atoms with van der Waals surface area (Å²) in [5, 5.41) is 4.45. The van der Waals surface area contributed by atoms with Crippen LogP contribution in [0, 0.1) is 0 Å². The normalized spacial score (nSPS) is 20.9. The standard InChI is InChI=1S/C10H16F5N3/c1-3-5-17-7-16-18(6-4-2)8(17)9(11,12)10(13,14)15/h7-8H,3-6H2,1-2H3. The molecular weight excluding hydrogens is 257 g/mol. The monoisotopic (exact) mass is 273 g/mol. The summed E-state index contributed by atoms with van der Waals surface area (Å²) in [6, 6.07) is 0. The van der Waals surface area contributed by atoms with Crippen LogP contribution in [0.4, 0.5) is 22.0 Å². The number of hydrazone groups is 1. The summed E-state index contributed by atoms with van der Waals surface area (Å²) in [7, 11) is 0. The Morgan fingerprint density at radius 2 is 1.61 bits per heavy atom. The van der Waals surface area contributed by atoms with Gasteiger partial charge in [-0.15, -0.1) is 0 Å². The minimum absolute atomic E-state index is 0.0626. The molecule has 106 valence electrons. The smallest absolute Gasteiger partial charge is 0.334 e. The first-order valence-electron chi connectivity index (χ1n) is 5.76. The molecule has 0 aromatic heterocycles. The van der Waals surface area contributed by atoms with Crippen molar-refractivity contribution in [3.63, 3.8) is 0 Å². The van der Waals surface area contributed by atoms with Gasteiger partial charge < -0.3 is 4.90 Å². The van der Waals surface area contributed by atoms with Crippen LogP contribution in [0.3, 0.4) is 0 Å². The van der Waals surface area contributed by atoms with Crippen LogP contribution in [-0.2, 0) is 0 Å². The van der Waals surface area contributed by atoms with E-state index in [0.29, 0.717) is 12.8 Å². The fraction of sp³-hybridized carbons (Fsp3) is 0.900. The summed E-state index contributed by atoms with van der Waals surface area (Å²) in [4.78, 5) is 0.948. The highest BCUT2D eigenvalue weighted by Crippen LogP contribution is 2.42. The third-order valence-corrected chi connectivity index (χ3v) is 2.58. The van der Waals surface area contributed by atoms with Crippen molar-refractivity contribution in [3.05, 3.63) is 0 Å². The highest BCUT2D eigenvalue weighted by molar-refractivity contribution is 5.57. The van der Waals surface area contributed by atoms with Crippen molar-refractivity contribution in [1.82, 2.24) is 9.91 Å². The second-order valence-electron chi connectivity index (χ2n) is 4.13. The maximum atomic E-state index is 13.5. The molecule has 0 fully saturated rings. The highest BCUT2D eigenvalue weighted by Gasteiger charge is 2.66. The molecule has 3 nitrogen and oxygen atoms in total. The third kappa shape index (κ3) is 2.67. The van der Waals surface area contributed by atoms with Gasteiger partial charge in [-0.2, -0.15) is 27.1 Å². The molecule has 0 saturated heterocycles. The van der Waals surface area contributed by atoms with Crippen molar-refractivity contribution >= 4 is 6.34 Å². The molecule has 1 rings (SSSR count). The molecule has 8 heteroatoms. The van der Waals surface area contributed by atoms with Crippen molar-refractivity contribution in [2.45, 2.75) is 45.0 Å². The molecule has 0 aromatic rings. The number of alkyl halides is 5. The van der Waals surface area contributed by atoms with Crippen LogP contribution in [0.15, 0.2) is 5.10 Å². The Balaban J connectivity index is 2.97. The van der Waals surface area contributed by atoms with Crippen LogP contribution >= 0.6 is 0 Å². The zero-order valence-corrected chi connectivity index (χ0v) is 10.2. The Morgan fingerprint density at radius 3 is 2.06 bits per heavy atom. The molecule has 0 radical (unpaired) electrons. The minimum Gasteiger partial charge on any atom is -0.334 e. The quantitative estimate of drug-likeness (QED) is 0.717. The van der Waals surface area contributed by atoms with Gasteiger partial charge in [-0.1, -0.05) is 13.8 Å². The Labute approximate surface area is 102 Å². The van der Waals surface area contributed by atoms with Gasteiger partial charge in [0.2, 0.25) is 0 Å². The molecule has 0 amide bonds. The van der Waals surface area contributed by atoms with E-state index in [-0.39, 0.29) is 13.1 Å². The van der Waals surface area contributed by atoms with Crippen molar-refractivity contribution in [3.8, 4) is 0 Å². The molecule has 1 aliphatic heterocycles. The van der Waals surface area contributed by atoms with Gasteiger partial charge in [0, 0.05) is 13.1 Å². The van der Waals surface area contributed by atoms with Crippen molar-refractivity contribution in [1.29, 1.82) is 0 Å². The molecule has 1 atom stereocenters. The first-order chi connectivity index (χ1) is 8.25. The van der Waals surface area contributed by atoms with E-state index < -0.39 is 18.3 Å². The number of hydrogen-bond acceptors (Lipinski definition) is 3. The first kappa shape index (κ1) is 15.0. The van der Waals surface area contributed by atoms with Crippen LogP contribution in [0.5, 0.6) is 0 Å². The lowest BCUT2D eigenvalue weighted by Gasteiger charge is -2.36. The molecule has 1 heterocycles. The van der Waals surface area contributed by atoms with E-state index in [4.69, 9.17) is 0 Å². The van der Waals surface area contributed by atoms with E-state index in [9.17, 15) is 22.0 Å². The van der Waals surface area contributed by atoms with Crippen molar-refractivity contribution in [2.75, 3.05) is 13.1 Å². The summed E-state index contributed by atoms with van der Waals surface area (Å²) < 4.78 is 64.3. The van der Waals surface area contributed by atoms with Gasteiger partial charge in [-0.3, -0.25) is 5.01 Å². The largest absolute Gasteiger partial charge is 0.457 e. The lowest BCUT2D eigenvalue weighted by molar-refractivity contribution is -0.314. The van der Waals surface area contributed by atoms with Crippen LogP contribution in [0.1, 0.15) is 26.7 Å². The molecule has 0 saturated carbocycles. The lowest BCUT2D eigenvalue weighted by atomic mass is 10.2. The van der Waals surface area contributed by atoms with Gasteiger partial charge in [0.05, 0.1) is 0 Å². The maximum Gasteiger partial charge on any atom is 0.457 e. The zero-order chi connectivity index (χ0) is 14.0. The second-order valence-corrected chi connectivity index (χ2v) is 4.13. The molecule has 0 aromatic carbocycles. The van der Waals surface area contributed by atoms with Gasteiger partial charge in [0.25, 0.3) is 0 Å². The summed E-state index contributed by atoms with van der Waals surface area (Å²) in [6.45, 7) is 3.58. The van der Waals surface area contributed by atoms with Crippen molar-refractivity contribution < 1.29 is 22.0 Å². The fourth-order valence-corrected chi connectivity index (χ4v) is 1.82. The Kier molecular flexibility index (Phi) is 4.39. The second kappa shape index (κ2) is 5.27. The average Bonchev–Trinajstić information content (AvgIpc) is 2.61. The van der Waals surface area contributed by atoms with Crippen LogP contribution in [-0.4, -0.2) is 47.6 Å². The molecule has 1 unspecified atom stereocenters. The molecule has 0 spiro atoms. The maximum absolute atomic E-state index is 13.5. The van der Waals surface area contributed by atoms with Gasteiger partial charge in [0.1, 0.15) is 6.34 Å². The third-order valence-electron chi connectivity index (χ3n) is 2.58. The summed E-state index contributed by atoms with van der Waals surface area (Å²) in [5.74, 6) is -4.81. The van der Waals surface area contributed by atoms with Gasteiger partial charge in [0.15, 0.2) is 6.17 Å². The molecule has 18 heavy (non-hydrogen) atoms. The molecular formula is C10H16F5N3. The molecule has 0 aliphatic carbocycles. The Morgan fingerprint density at radius 1 is 1.06 bits per heavy atom. The topological polar surface area (TPSA) is 18.8 Å². The van der Waals surface area contributed by atoms with E-state index in [0.717, 1.165) is 16.2 Å². The van der Waals surface area contributed by atoms with E-state index in [2.05, 4.69) is 5.10 Å². The Bertz CT molecular complexity index is 286. The molecule has 0 N–H and O–H groups in total. The van der Waals surface area contributed by atoms with E-state index >= 15 is 0 Å². The summed E-state index contributed by atoms with van der Waals surface area (Å²) >= 11 is 0. The number of nitrogens with zero attached hydrogens (tertiary/aromatic N) is 3. The van der Waals surface area contributed by atoms with Crippen LogP contribution in [0.2, 0.25) is 0 Å². The predicted octanol–water partition coefficient (Wildman–Crippen LogP) is 2.89. The predicted molar refractivity (Wildman–Crippen MR) is 57.3 cm³/mol. The van der Waals surface area contributed by atoms with Crippen LogP contribution in [0.25, 0.3) is 0 Å². The first-order valence-corrected chi connectivity index (χ1v) is 5.76. The number of rotatable bonds is 5. The number of halogens is 5. The molecule has 0 bridgehead atoms. The van der Waals surface area contributed by atoms with E-state index in [1.54, 1.807) is 13.8 Å². The SMILES string of the molecule is CCCN1C=NN(CCC)C1C(F)(F)C(F)(F)F. The van der Waals surface area contributed by atoms with Gasteiger partial charge in [-0.25, -0.2) is 0 Å². The summed E-state index contributed by atoms with van der Waals surface area (Å²) in [6.07, 6.45) is -5.68. The Hall–Kier alpha value is -1.08. The van der Waals surface area contributed by atoms with Gasteiger partial charge in [-0.05, 0) is 12.8 Å². The lowest BCUT2D eigenvalue weighted by Crippen LogP contribution is -2.59. The minimum atomic E-state index is -5.58. The molecule has 1 aliphatic rings.